The zero-order valence-corrected chi connectivity index (χ0v) is 14.3. The molecule has 0 bridgehead atoms. The van der Waals surface area contributed by atoms with Crippen LogP contribution in [0.2, 0.25) is 5.02 Å². The molecule has 0 aliphatic carbocycles. The van der Waals surface area contributed by atoms with E-state index in [4.69, 9.17) is 16.3 Å². The summed E-state index contributed by atoms with van der Waals surface area (Å²) in [5.41, 5.74) is 1.11. The van der Waals surface area contributed by atoms with E-state index in [2.05, 4.69) is 46.9 Å². The van der Waals surface area contributed by atoms with E-state index in [1.54, 1.807) is 0 Å². The molecule has 1 rings (SSSR count). The molecule has 114 valence electrons. The van der Waals surface area contributed by atoms with Crippen LogP contribution in [-0.4, -0.2) is 18.2 Å². The molecule has 2 atom stereocenters. The molecule has 0 radical (unpaired) electrons. The molecular formula is C17H28ClNO. The maximum absolute atomic E-state index is 6.32. The molecule has 0 fully saturated rings. The molecule has 1 aromatic rings. The minimum absolute atomic E-state index is 0.0275. The van der Waals surface area contributed by atoms with Gasteiger partial charge in [0.25, 0.3) is 0 Å². The van der Waals surface area contributed by atoms with Crippen molar-refractivity contribution in [3.63, 3.8) is 0 Å². The third-order valence-corrected chi connectivity index (χ3v) is 3.73. The van der Waals surface area contributed by atoms with Crippen LogP contribution >= 0.6 is 11.6 Å². The van der Waals surface area contributed by atoms with Gasteiger partial charge in [0.2, 0.25) is 0 Å². The highest BCUT2D eigenvalue weighted by molar-refractivity contribution is 6.31. The van der Waals surface area contributed by atoms with Gasteiger partial charge >= 0.3 is 0 Å². The largest absolute Gasteiger partial charge is 0.369 e. The second-order valence-corrected chi connectivity index (χ2v) is 7.13. The fraction of sp³-hybridized carbons (Fsp3) is 0.647. The Hall–Kier alpha value is -0.570. The Morgan fingerprint density at radius 3 is 2.25 bits per heavy atom. The lowest BCUT2D eigenvalue weighted by Crippen LogP contribution is -2.40. The number of nitrogens with one attached hydrogen (secondary N) is 1. The summed E-state index contributed by atoms with van der Waals surface area (Å²) in [6.07, 6.45) is 0.165. The Kier molecular flexibility index (Phi) is 6.50. The van der Waals surface area contributed by atoms with Crippen molar-refractivity contribution in [2.24, 2.45) is 5.92 Å². The predicted molar refractivity (Wildman–Crippen MR) is 87.3 cm³/mol. The van der Waals surface area contributed by atoms with Crippen LogP contribution in [0.4, 0.5) is 0 Å². The first kappa shape index (κ1) is 17.5. The van der Waals surface area contributed by atoms with Crippen molar-refractivity contribution in [1.29, 1.82) is 0 Å². The van der Waals surface area contributed by atoms with Crippen molar-refractivity contribution in [2.75, 3.05) is 6.54 Å². The van der Waals surface area contributed by atoms with Gasteiger partial charge in [0, 0.05) is 22.7 Å². The smallest absolute Gasteiger partial charge is 0.0967 e. The summed E-state index contributed by atoms with van der Waals surface area (Å²) in [5.74, 6) is 0.481. The lowest BCUT2D eigenvalue weighted by atomic mass is 10.0. The summed E-state index contributed by atoms with van der Waals surface area (Å²) in [6, 6.07) is 7.93. The minimum Gasteiger partial charge on any atom is -0.369 e. The average Bonchev–Trinajstić information content (AvgIpc) is 2.34. The topological polar surface area (TPSA) is 21.3 Å². The predicted octanol–water partition coefficient (Wildman–Crippen LogP) is 4.83. The molecule has 0 aliphatic heterocycles. The fourth-order valence-electron chi connectivity index (χ4n) is 1.78. The number of rotatable bonds is 6. The second-order valence-electron chi connectivity index (χ2n) is 6.73. The van der Waals surface area contributed by atoms with E-state index in [9.17, 15) is 0 Å². The summed E-state index contributed by atoms with van der Waals surface area (Å²) in [4.78, 5) is 0. The summed E-state index contributed by atoms with van der Waals surface area (Å²) in [7, 11) is 0. The second kappa shape index (κ2) is 7.44. The van der Waals surface area contributed by atoms with Gasteiger partial charge in [-0.2, -0.15) is 0 Å². The Labute approximate surface area is 128 Å². The van der Waals surface area contributed by atoms with E-state index in [1.807, 2.05) is 24.3 Å². The lowest BCUT2D eigenvalue weighted by molar-refractivity contribution is -0.0282. The summed E-state index contributed by atoms with van der Waals surface area (Å²) >= 11 is 6.32. The van der Waals surface area contributed by atoms with Crippen molar-refractivity contribution < 1.29 is 4.74 Å². The van der Waals surface area contributed by atoms with Crippen molar-refractivity contribution in [2.45, 2.75) is 59.3 Å². The highest BCUT2D eigenvalue weighted by Gasteiger charge is 2.21. The molecule has 0 saturated heterocycles. The number of halogens is 1. The van der Waals surface area contributed by atoms with E-state index in [-0.39, 0.29) is 17.7 Å². The van der Waals surface area contributed by atoms with Crippen LogP contribution in [0, 0.1) is 5.92 Å². The minimum atomic E-state index is -0.0275. The van der Waals surface area contributed by atoms with E-state index in [0.29, 0.717) is 5.92 Å². The Morgan fingerprint density at radius 2 is 1.75 bits per heavy atom. The molecule has 0 aliphatic rings. The zero-order valence-electron chi connectivity index (χ0n) is 13.5. The third kappa shape index (κ3) is 5.82. The van der Waals surface area contributed by atoms with E-state index in [0.717, 1.165) is 17.1 Å². The molecule has 1 aromatic carbocycles. The molecule has 0 amide bonds. The lowest BCUT2D eigenvalue weighted by Gasteiger charge is -2.29. The van der Waals surface area contributed by atoms with E-state index in [1.165, 1.54) is 0 Å². The van der Waals surface area contributed by atoms with Crippen LogP contribution in [-0.2, 0) is 4.74 Å². The monoisotopic (exact) mass is 297 g/mol. The average molecular weight is 298 g/mol. The first-order chi connectivity index (χ1) is 9.20. The number of hydrogen-bond donors (Lipinski definition) is 1. The van der Waals surface area contributed by atoms with Crippen LogP contribution in [0.15, 0.2) is 24.3 Å². The summed E-state index contributed by atoms with van der Waals surface area (Å²) < 4.78 is 6.23. The zero-order chi connectivity index (χ0) is 15.3. The molecule has 2 nitrogen and oxygen atoms in total. The third-order valence-electron chi connectivity index (χ3n) is 3.39. The van der Waals surface area contributed by atoms with Gasteiger partial charge in [-0.1, -0.05) is 43.6 Å². The summed E-state index contributed by atoms with van der Waals surface area (Å²) in [6.45, 7) is 13.7. The number of ether oxygens (including phenoxy) is 1. The molecule has 20 heavy (non-hydrogen) atoms. The Balaban J connectivity index is 2.87. The normalized spacial score (nSPS) is 15.4. The van der Waals surface area contributed by atoms with Crippen molar-refractivity contribution in [3.8, 4) is 0 Å². The standard InChI is InChI=1S/C17H28ClNO/c1-12(2)13(3)20-16(11-19-17(4,5)6)14-9-7-8-10-15(14)18/h7-10,12-13,16,19H,11H2,1-6H3. The van der Waals surface area contributed by atoms with E-state index >= 15 is 0 Å². The van der Waals surface area contributed by atoms with Gasteiger partial charge in [-0.3, -0.25) is 0 Å². The molecular weight excluding hydrogens is 270 g/mol. The molecule has 3 heteroatoms. The van der Waals surface area contributed by atoms with Gasteiger partial charge in [0.15, 0.2) is 0 Å². The van der Waals surface area contributed by atoms with Crippen LogP contribution in [0.5, 0.6) is 0 Å². The van der Waals surface area contributed by atoms with Gasteiger partial charge in [-0.15, -0.1) is 0 Å². The maximum atomic E-state index is 6.32. The van der Waals surface area contributed by atoms with Gasteiger partial charge in [0.05, 0.1) is 12.2 Å². The maximum Gasteiger partial charge on any atom is 0.0967 e. The molecule has 0 spiro atoms. The number of benzene rings is 1. The SMILES string of the molecule is CC(C)C(C)OC(CNC(C)(C)C)c1ccccc1Cl. The molecule has 1 N–H and O–H groups in total. The first-order valence-corrected chi connectivity index (χ1v) is 7.73. The Bertz CT molecular complexity index is 412. The van der Waals surface area contributed by atoms with Gasteiger partial charge in [-0.05, 0) is 39.7 Å². The van der Waals surface area contributed by atoms with Gasteiger partial charge < -0.3 is 10.1 Å². The van der Waals surface area contributed by atoms with Gasteiger partial charge in [-0.25, -0.2) is 0 Å². The van der Waals surface area contributed by atoms with Crippen LogP contribution in [0.1, 0.15) is 53.2 Å². The van der Waals surface area contributed by atoms with E-state index < -0.39 is 0 Å². The molecule has 2 unspecified atom stereocenters. The quantitative estimate of drug-likeness (QED) is 0.812. The van der Waals surface area contributed by atoms with Crippen molar-refractivity contribution >= 4 is 11.6 Å². The Morgan fingerprint density at radius 1 is 1.15 bits per heavy atom. The highest BCUT2D eigenvalue weighted by Crippen LogP contribution is 2.28. The van der Waals surface area contributed by atoms with Crippen molar-refractivity contribution in [3.05, 3.63) is 34.9 Å². The first-order valence-electron chi connectivity index (χ1n) is 7.35. The van der Waals surface area contributed by atoms with Crippen LogP contribution < -0.4 is 5.32 Å². The van der Waals surface area contributed by atoms with Gasteiger partial charge in [0.1, 0.15) is 0 Å². The van der Waals surface area contributed by atoms with Crippen LogP contribution in [0.25, 0.3) is 0 Å². The number of hydrogen-bond acceptors (Lipinski definition) is 2. The fourth-order valence-corrected chi connectivity index (χ4v) is 2.04. The van der Waals surface area contributed by atoms with Crippen LogP contribution in [0.3, 0.4) is 0 Å². The summed E-state index contributed by atoms with van der Waals surface area (Å²) in [5, 5.41) is 4.28. The highest BCUT2D eigenvalue weighted by atomic mass is 35.5. The van der Waals surface area contributed by atoms with Crippen molar-refractivity contribution in [1.82, 2.24) is 5.32 Å². The molecule has 0 heterocycles. The molecule has 0 aromatic heterocycles. The molecule has 0 saturated carbocycles.